The van der Waals surface area contributed by atoms with Gasteiger partial charge < -0.3 is 5.11 Å². The van der Waals surface area contributed by atoms with Gasteiger partial charge in [0.1, 0.15) is 11.6 Å². The molecule has 1 aromatic carbocycles. The lowest BCUT2D eigenvalue weighted by Gasteiger charge is -2.09. The van der Waals surface area contributed by atoms with Crippen LogP contribution in [0.2, 0.25) is 0 Å². The first kappa shape index (κ1) is 15.9. The molecule has 0 aliphatic heterocycles. The average Bonchev–Trinajstić information content (AvgIpc) is 3.01. The zero-order valence-electron chi connectivity index (χ0n) is 12.1. The number of nitrogens with one attached hydrogen (secondary N) is 1. The van der Waals surface area contributed by atoms with E-state index in [9.17, 15) is 9.50 Å². The summed E-state index contributed by atoms with van der Waals surface area (Å²) in [5, 5.41) is 10.9. The third-order valence-corrected chi connectivity index (χ3v) is 4.34. The molecule has 0 spiro atoms. The second-order valence-electron chi connectivity index (χ2n) is 4.93. The SMILES string of the molecule is CON/C(=C\C(O)=C1CCCC1)SCc1ccc(F)cc1. The summed E-state index contributed by atoms with van der Waals surface area (Å²) in [4.78, 5) is 4.94. The summed E-state index contributed by atoms with van der Waals surface area (Å²) in [5.74, 6) is 0.766. The first-order chi connectivity index (χ1) is 10.2. The molecule has 0 aromatic heterocycles. The largest absolute Gasteiger partial charge is 0.508 e. The van der Waals surface area contributed by atoms with Gasteiger partial charge in [-0.3, -0.25) is 10.3 Å². The van der Waals surface area contributed by atoms with Crippen molar-refractivity contribution < 1.29 is 14.3 Å². The Balaban J connectivity index is 2.01. The van der Waals surface area contributed by atoms with Crippen LogP contribution in [0.25, 0.3) is 0 Å². The van der Waals surface area contributed by atoms with Crippen LogP contribution in [0.4, 0.5) is 4.39 Å². The summed E-state index contributed by atoms with van der Waals surface area (Å²) < 4.78 is 12.9. The first-order valence-corrected chi connectivity index (χ1v) is 7.96. The minimum atomic E-state index is -0.238. The Bertz CT molecular complexity index is 518. The van der Waals surface area contributed by atoms with Gasteiger partial charge in [0.2, 0.25) is 0 Å². The maximum atomic E-state index is 12.9. The number of allylic oxidation sites excluding steroid dienone is 2. The highest BCUT2D eigenvalue weighted by Gasteiger charge is 2.11. The number of benzene rings is 1. The molecule has 0 bridgehead atoms. The maximum absolute atomic E-state index is 12.9. The molecule has 0 heterocycles. The lowest BCUT2D eigenvalue weighted by Crippen LogP contribution is -2.09. The molecular weight excluding hydrogens is 289 g/mol. The van der Waals surface area contributed by atoms with Crippen LogP contribution >= 0.6 is 11.8 Å². The summed E-state index contributed by atoms with van der Waals surface area (Å²) in [5.41, 5.74) is 4.89. The average molecular weight is 309 g/mol. The number of hydroxylamine groups is 1. The van der Waals surface area contributed by atoms with Crippen molar-refractivity contribution in [3.63, 3.8) is 0 Å². The van der Waals surface area contributed by atoms with Crippen molar-refractivity contribution in [3.8, 4) is 0 Å². The Morgan fingerprint density at radius 1 is 1.33 bits per heavy atom. The molecule has 1 aliphatic rings. The van der Waals surface area contributed by atoms with Gasteiger partial charge in [-0.1, -0.05) is 12.1 Å². The first-order valence-electron chi connectivity index (χ1n) is 6.98. The molecule has 3 nitrogen and oxygen atoms in total. The molecule has 2 N–H and O–H groups in total. The van der Waals surface area contributed by atoms with Crippen LogP contribution in [0.3, 0.4) is 0 Å². The van der Waals surface area contributed by atoms with Crippen molar-refractivity contribution in [3.05, 3.63) is 58.1 Å². The van der Waals surface area contributed by atoms with E-state index in [2.05, 4.69) is 5.48 Å². The predicted octanol–water partition coefficient (Wildman–Crippen LogP) is 4.44. The van der Waals surface area contributed by atoms with Crippen LogP contribution in [-0.2, 0) is 10.6 Å². The smallest absolute Gasteiger partial charge is 0.123 e. The van der Waals surface area contributed by atoms with Gasteiger partial charge in [0, 0.05) is 11.8 Å². The van der Waals surface area contributed by atoms with E-state index in [-0.39, 0.29) is 5.82 Å². The molecule has 21 heavy (non-hydrogen) atoms. The molecular formula is C16H20FNO2S. The second-order valence-corrected chi connectivity index (χ2v) is 5.94. The van der Waals surface area contributed by atoms with Crippen molar-refractivity contribution in [2.75, 3.05) is 7.11 Å². The minimum Gasteiger partial charge on any atom is -0.508 e. The van der Waals surface area contributed by atoms with Crippen LogP contribution in [0.5, 0.6) is 0 Å². The highest BCUT2D eigenvalue weighted by atomic mass is 32.2. The monoisotopic (exact) mass is 309 g/mol. The fraction of sp³-hybridized carbons (Fsp3) is 0.375. The fourth-order valence-corrected chi connectivity index (χ4v) is 3.08. The molecule has 0 saturated heterocycles. The summed E-state index contributed by atoms with van der Waals surface area (Å²) in [6, 6.07) is 6.39. The Morgan fingerprint density at radius 3 is 2.62 bits per heavy atom. The molecule has 0 atom stereocenters. The molecule has 0 unspecified atom stereocenters. The van der Waals surface area contributed by atoms with E-state index in [1.165, 1.54) is 31.0 Å². The molecule has 1 aromatic rings. The quantitative estimate of drug-likeness (QED) is 0.602. The van der Waals surface area contributed by atoms with Gasteiger partial charge in [-0.15, -0.1) is 11.8 Å². The number of aliphatic hydroxyl groups is 1. The lowest BCUT2D eigenvalue weighted by atomic mass is 10.2. The van der Waals surface area contributed by atoms with E-state index in [1.807, 2.05) is 0 Å². The second kappa shape index (κ2) is 8.10. The molecule has 0 amide bonds. The highest BCUT2D eigenvalue weighted by molar-refractivity contribution is 8.02. The highest BCUT2D eigenvalue weighted by Crippen LogP contribution is 2.28. The minimum absolute atomic E-state index is 0.238. The van der Waals surface area contributed by atoms with E-state index in [1.54, 1.807) is 18.2 Å². The predicted molar refractivity (Wildman–Crippen MR) is 84.0 cm³/mol. The van der Waals surface area contributed by atoms with Crippen LogP contribution in [0.1, 0.15) is 31.2 Å². The lowest BCUT2D eigenvalue weighted by molar-refractivity contribution is 0.125. The normalized spacial score (nSPS) is 15.3. The summed E-state index contributed by atoms with van der Waals surface area (Å²) in [7, 11) is 1.53. The third kappa shape index (κ3) is 5.10. The Kier molecular flexibility index (Phi) is 6.14. The molecule has 1 saturated carbocycles. The molecule has 2 rings (SSSR count). The molecule has 1 aliphatic carbocycles. The van der Waals surface area contributed by atoms with Gasteiger partial charge in [0.05, 0.1) is 12.1 Å². The van der Waals surface area contributed by atoms with Gasteiger partial charge in [-0.2, -0.15) is 0 Å². The zero-order chi connectivity index (χ0) is 15.1. The number of hydrogen-bond acceptors (Lipinski definition) is 4. The van der Waals surface area contributed by atoms with Gasteiger partial charge in [-0.25, -0.2) is 4.39 Å². The van der Waals surface area contributed by atoms with Crippen LogP contribution in [-0.4, -0.2) is 12.2 Å². The molecule has 114 valence electrons. The molecule has 0 radical (unpaired) electrons. The van der Waals surface area contributed by atoms with Crippen molar-refractivity contribution in [1.82, 2.24) is 5.48 Å². The van der Waals surface area contributed by atoms with Gasteiger partial charge >= 0.3 is 0 Å². The molecule has 5 heteroatoms. The number of thioether (sulfide) groups is 1. The number of hydrogen-bond donors (Lipinski definition) is 2. The van der Waals surface area contributed by atoms with Crippen LogP contribution < -0.4 is 5.48 Å². The van der Waals surface area contributed by atoms with Gasteiger partial charge in [0.25, 0.3) is 0 Å². The van der Waals surface area contributed by atoms with Crippen molar-refractivity contribution >= 4 is 11.8 Å². The van der Waals surface area contributed by atoms with Crippen LogP contribution in [0.15, 0.2) is 46.7 Å². The summed E-state index contributed by atoms with van der Waals surface area (Å²) >= 11 is 1.50. The number of rotatable bonds is 6. The third-order valence-electron chi connectivity index (χ3n) is 3.35. The number of halogens is 1. The van der Waals surface area contributed by atoms with E-state index >= 15 is 0 Å². The van der Waals surface area contributed by atoms with Gasteiger partial charge in [-0.05, 0) is 49.0 Å². The van der Waals surface area contributed by atoms with Crippen molar-refractivity contribution in [1.29, 1.82) is 0 Å². The molecule has 1 fully saturated rings. The zero-order valence-corrected chi connectivity index (χ0v) is 12.9. The summed E-state index contributed by atoms with van der Waals surface area (Å²) in [6.07, 6.45) is 5.92. The van der Waals surface area contributed by atoms with Crippen molar-refractivity contribution in [2.45, 2.75) is 31.4 Å². The van der Waals surface area contributed by atoms with E-state index in [4.69, 9.17) is 4.84 Å². The Morgan fingerprint density at radius 2 is 2.00 bits per heavy atom. The topological polar surface area (TPSA) is 41.5 Å². The maximum Gasteiger partial charge on any atom is 0.123 e. The van der Waals surface area contributed by atoms with E-state index < -0.39 is 0 Å². The van der Waals surface area contributed by atoms with Crippen LogP contribution in [0, 0.1) is 5.82 Å². The fourth-order valence-electron chi connectivity index (χ4n) is 2.23. The van der Waals surface area contributed by atoms with Crippen molar-refractivity contribution in [2.24, 2.45) is 0 Å². The summed E-state index contributed by atoms with van der Waals surface area (Å²) in [6.45, 7) is 0. The Labute approximate surface area is 128 Å². The van der Waals surface area contributed by atoms with Gasteiger partial charge in [0.15, 0.2) is 0 Å². The standard InChI is InChI=1S/C16H20FNO2S/c1-20-18-16(10-15(19)13-4-2-3-5-13)21-11-12-6-8-14(17)9-7-12/h6-10,18-19H,2-5,11H2,1H3/b16-10+. The Hall–Kier alpha value is -1.46. The van der Waals surface area contributed by atoms with E-state index in [0.717, 1.165) is 41.8 Å². The van der Waals surface area contributed by atoms with E-state index in [0.29, 0.717) is 11.5 Å². The number of aliphatic hydroxyl groups excluding tert-OH is 1.